The Kier molecular flexibility index (Phi) is 5.63. The second kappa shape index (κ2) is 8.54. The number of fused-ring (bicyclic) bond motifs is 1. The summed E-state index contributed by atoms with van der Waals surface area (Å²) in [7, 11) is 6.09. The summed E-state index contributed by atoms with van der Waals surface area (Å²) in [6.45, 7) is 0.255. The minimum atomic E-state index is -0.286. The molecule has 32 heavy (non-hydrogen) atoms. The first-order chi connectivity index (χ1) is 15.5. The van der Waals surface area contributed by atoms with Crippen molar-refractivity contribution in [1.82, 2.24) is 14.1 Å². The van der Waals surface area contributed by atoms with Crippen molar-refractivity contribution in [1.29, 1.82) is 0 Å². The zero-order chi connectivity index (χ0) is 22.8. The molecule has 0 aliphatic heterocycles. The highest BCUT2D eigenvalue weighted by Gasteiger charge is 2.19. The average molecular weight is 437 g/mol. The van der Waals surface area contributed by atoms with Crippen LogP contribution >= 0.6 is 0 Å². The molecule has 0 amide bonds. The summed E-state index contributed by atoms with van der Waals surface area (Å²) in [4.78, 5) is 17.7. The van der Waals surface area contributed by atoms with Gasteiger partial charge in [-0.3, -0.25) is 14.1 Å². The Bertz CT molecular complexity index is 1320. The van der Waals surface area contributed by atoms with Crippen LogP contribution < -0.4 is 24.6 Å². The summed E-state index contributed by atoms with van der Waals surface area (Å²) in [5, 5.41) is 10.2. The van der Waals surface area contributed by atoms with E-state index in [1.165, 1.54) is 24.9 Å². The summed E-state index contributed by atoms with van der Waals surface area (Å²) >= 11 is 0. The highest BCUT2D eigenvalue weighted by atomic mass is 16.5. The quantitative estimate of drug-likeness (QED) is 0.475. The molecule has 0 aliphatic rings. The van der Waals surface area contributed by atoms with E-state index in [1.54, 1.807) is 61.5 Å². The number of hydrogen-bond donors (Lipinski definition) is 1. The third kappa shape index (κ3) is 3.47. The third-order valence-corrected chi connectivity index (χ3v) is 5.22. The van der Waals surface area contributed by atoms with Crippen LogP contribution in [0.2, 0.25) is 0 Å². The van der Waals surface area contributed by atoms with Gasteiger partial charge in [0, 0.05) is 12.3 Å². The summed E-state index contributed by atoms with van der Waals surface area (Å²) in [6, 6.07) is 10.2. The van der Waals surface area contributed by atoms with E-state index in [2.05, 4.69) is 4.98 Å². The Hall–Kier alpha value is -4.14. The van der Waals surface area contributed by atoms with Crippen LogP contribution in [-0.4, -0.2) is 47.7 Å². The molecule has 4 rings (SSSR count). The van der Waals surface area contributed by atoms with E-state index in [0.29, 0.717) is 39.7 Å². The number of nitrogens with zero attached hydrogens (tertiary/aromatic N) is 3. The number of imidazole rings is 1. The van der Waals surface area contributed by atoms with Gasteiger partial charge in [-0.15, -0.1) is 0 Å². The number of pyridine rings is 1. The van der Waals surface area contributed by atoms with Crippen molar-refractivity contribution in [3.05, 3.63) is 64.8 Å². The molecular weight excluding hydrogens is 414 g/mol. The molecule has 0 saturated carbocycles. The number of hydrogen-bond acceptors (Lipinski definition) is 7. The van der Waals surface area contributed by atoms with E-state index >= 15 is 0 Å². The number of rotatable bonds is 7. The number of phenolic OH excluding ortho intramolecular Hbond substituents is 1. The van der Waals surface area contributed by atoms with E-state index in [4.69, 9.17) is 18.9 Å². The number of ether oxygens (including phenoxy) is 4. The molecule has 166 valence electrons. The van der Waals surface area contributed by atoms with Crippen LogP contribution in [0.3, 0.4) is 0 Å². The Balaban J connectivity index is 1.88. The second-order valence-electron chi connectivity index (χ2n) is 6.96. The molecule has 0 fully saturated rings. The fourth-order valence-electron chi connectivity index (χ4n) is 3.74. The standard InChI is InChI=1S/C23H23N3O6/c1-29-19-6-5-15(11-18(19)27)26-17-12-24-8-7-16(17)25(23(26)28)13-14-9-20(30-2)22(32-4)21(10-14)31-3/h5-12,27H,13H2,1-4H3. The lowest BCUT2D eigenvalue weighted by molar-refractivity contribution is 0.323. The minimum absolute atomic E-state index is 0.0636. The van der Waals surface area contributed by atoms with Crippen molar-refractivity contribution in [2.45, 2.75) is 6.54 Å². The number of benzene rings is 2. The van der Waals surface area contributed by atoms with Crippen LogP contribution in [0.15, 0.2) is 53.6 Å². The zero-order valence-electron chi connectivity index (χ0n) is 18.2. The zero-order valence-corrected chi connectivity index (χ0v) is 18.2. The van der Waals surface area contributed by atoms with Gasteiger partial charge in [-0.25, -0.2) is 4.79 Å². The molecule has 1 N–H and O–H groups in total. The van der Waals surface area contributed by atoms with E-state index in [9.17, 15) is 9.90 Å². The summed E-state index contributed by atoms with van der Waals surface area (Å²) in [5.41, 5.74) is 2.29. The van der Waals surface area contributed by atoms with Crippen molar-refractivity contribution in [3.8, 4) is 34.4 Å². The SMILES string of the molecule is COc1ccc(-n2c(=O)n(Cc3cc(OC)c(OC)c(OC)c3)c3ccncc32)cc1O. The predicted octanol–water partition coefficient (Wildman–Crippen LogP) is 2.98. The fraction of sp³-hybridized carbons (Fsp3) is 0.217. The average Bonchev–Trinajstić information content (AvgIpc) is 3.09. The molecule has 2 aromatic carbocycles. The first-order valence-corrected chi connectivity index (χ1v) is 9.73. The van der Waals surface area contributed by atoms with Crippen molar-refractivity contribution in [3.63, 3.8) is 0 Å². The predicted molar refractivity (Wildman–Crippen MR) is 119 cm³/mol. The molecule has 9 heteroatoms. The summed E-state index contributed by atoms with van der Waals surface area (Å²) < 4.78 is 24.5. The van der Waals surface area contributed by atoms with Gasteiger partial charge in [0.05, 0.1) is 57.9 Å². The maximum absolute atomic E-state index is 13.5. The van der Waals surface area contributed by atoms with Crippen LogP contribution in [0.4, 0.5) is 0 Å². The van der Waals surface area contributed by atoms with E-state index in [0.717, 1.165) is 5.56 Å². The maximum atomic E-state index is 13.5. The second-order valence-corrected chi connectivity index (χ2v) is 6.96. The Morgan fingerprint density at radius 1 is 0.875 bits per heavy atom. The van der Waals surface area contributed by atoms with Crippen molar-refractivity contribution >= 4 is 11.0 Å². The van der Waals surface area contributed by atoms with Crippen LogP contribution in [0, 0.1) is 0 Å². The number of phenols is 1. The molecule has 4 aromatic rings. The van der Waals surface area contributed by atoms with Gasteiger partial charge >= 0.3 is 5.69 Å². The van der Waals surface area contributed by atoms with Gasteiger partial charge in [-0.1, -0.05) is 0 Å². The van der Waals surface area contributed by atoms with Gasteiger partial charge in [-0.05, 0) is 35.9 Å². The molecule has 0 radical (unpaired) electrons. The number of aromatic nitrogens is 3. The Morgan fingerprint density at radius 3 is 2.16 bits per heavy atom. The van der Waals surface area contributed by atoms with E-state index in [-0.39, 0.29) is 18.0 Å². The molecule has 0 aliphatic carbocycles. The van der Waals surface area contributed by atoms with Crippen molar-refractivity contribution in [2.24, 2.45) is 0 Å². The van der Waals surface area contributed by atoms with Crippen molar-refractivity contribution in [2.75, 3.05) is 28.4 Å². The van der Waals surface area contributed by atoms with Crippen LogP contribution in [-0.2, 0) is 6.54 Å². The topological polar surface area (TPSA) is 97.0 Å². The number of aromatic hydroxyl groups is 1. The molecule has 0 bridgehead atoms. The van der Waals surface area contributed by atoms with Gasteiger partial charge in [0.1, 0.15) is 0 Å². The van der Waals surface area contributed by atoms with Crippen molar-refractivity contribution < 1.29 is 24.1 Å². The summed E-state index contributed by atoms with van der Waals surface area (Å²) in [6.07, 6.45) is 3.24. The van der Waals surface area contributed by atoms with E-state index < -0.39 is 0 Å². The molecular formula is C23H23N3O6. The Labute approximate surface area is 184 Å². The highest BCUT2D eigenvalue weighted by molar-refractivity contribution is 5.77. The monoisotopic (exact) mass is 437 g/mol. The maximum Gasteiger partial charge on any atom is 0.334 e. The van der Waals surface area contributed by atoms with Crippen LogP contribution in [0.5, 0.6) is 28.7 Å². The van der Waals surface area contributed by atoms with Gasteiger partial charge < -0.3 is 24.1 Å². The molecule has 9 nitrogen and oxygen atoms in total. The molecule has 0 spiro atoms. The Morgan fingerprint density at radius 2 is 1.56 bits per heavy atom. The molecule has 0 atom stereocenters. The molecule has 2 aromatic heterocycles. The normalized spacial score (nSPS) is 10.9. The van der Waals surface area contributed by atoms with E-state index in [1.807, 2.05) is 0 Å². The molecule has 0 unspecified atom stereocenters. The lowest BCUT2D eigenvalue weighted by Crippen LogP contribution is -2.23. The number of methoxy groups -OCH3 is 4. The third-order valence-electron chi connectivity index (χ3n) is 5.22. The van der Waals surface area contributed by atoms with Gasteiger partial charge in [0.2, 0.25) is 5.75 Å². The first-order valence-electron chi connectivity index (χ1n) is 9.73. The van der Waals surface area contributed by atoms with Crippen LogP contribution in [0.1, 0.15) is 5.56 Å². The fourth-order valence-corrected chi connectivity index (χ4v) is 3.74. The van der Waals surface area contributed by atoms with Gasteiger partial charge in [-0.2, -0.15) is 0 Å². The molecule has 0 saturated heterocycles. The lowest BCUT2D eigenvalue weighted by atomic mass is 10.1. The minimum Gasteiger partial charge on any atom is -0.504 e. The van der Waals surface area contributed by atoms with Crippen LogP contribution in [0.25, 0.3) is 16.7 Å². The molecule has 2 heterocycles. The highest BCUT2D eigenvalue weighted by Crippen LogP contribution is 2.38. The lowest BCUT2D eigenvalue weighted by Gasteiger charge is -2.14. The smallest absolute Gasteiger partial charge is 0.334 e. The van der Waals surface area contributed by atoms with Gasteiger partial charge in [0.15, 0.2) is 23.0 Å². The largest absolute Gasteiger partial charge is 0.504 e. The summed E-state index contributed by atoms with van der Waals surface area (Å²) in [5.74, 6) is 1.74. The van der Waals surface area contributed by atoms with Gasteiger partial charge in [0.25, 0.3) is 0 Å². The first kappa shape index (κ1) is 21.1.